The van der Waals surface area contributed by atoms with Crippen molar-refractivity contribution in [1.82, 2.24) is 0 Å². The normalized spacial score (nSPS) is 13.5. The summed E-state index contributed by atoms with van der Waals surface area (Å²) in [6.07, 6.45) is 39.3. The molecule has 0 rings (SSSR count). The van der Waals surface area contributed by atoms with Crippen molar-refractivity contribution in [3.63, 3.8) is 0 Å². The zero-order chi connectivity index (χ0) is 23.8. The Morgan fingerprint density at radius 2 is 0.688 bits per heavy atom. The second-order valence-corrected chi connectivity index (χ2v) is 16.7. The lowest BCUT2D eigenvalue weighted by Crippen LogP contribution is -2.10. The van der Waals surface area contributed by atoms with Crippen LogP contribution in [0.1, 0.15) is 168 Å². The van der Waals surface area contributed by atoms with E-state index in [1.54, 1.807) is 0 Å². The molecule has 0 heterocycles. The van der Waals surface area contributed by atoms with Gasteiger partial charge in [-0.3, -0.25) is 0 Å². The molecule has 0 bridgehead atoms. The van der Waals surface area contributed by atoms with Crippen LogP contribution in [0.15, 0.2) is 0 Å². The van der Waals surface area contributed by atoms with Gasteiger partial charge in [0.2, 0.25) is 0 Å². The van der Waals surface area contributed by atoms with Crippen LogP contribution in [0.5, 0.6) is 0 Å². The van der Waals surface area contributed by atoms with Gasteiger partial charge in [0.05, 0.1) is 0 Å². The van der Waals surface area contributed by atoms with Gasteiger partial charge in [-0.15, -0.1) is 0 Å². The lowest BCUT2D eigenvalue weighted by Gasteiger charge is -2.28. The standard InChI is InChI=1S/C30H63ClS/c1-5-7-9-11-13-15-16-17-18-20-22-24-26-28-30(29-32(3,4)31)27-25-23-21-19-14-12-10-8-6-2/h30H,5-29H2,1-4H3. The van der Waals surface area contributed by atoms with E-state index in [1.165, 1.54) is 160 Å². The molecule has 0 spiro atoms. The molecular formula is C30H63ClS. The van der Waals surface area contributed by atoms with E-state index >= 15 is 0 Å². The smallest absolute Gasteiger partial charge is 0.00773 e. The fourth-order valence-electron chi connectivity index (χ4n) is 5.07. The molecule has 0 aliphatic rings. The molecule has 196 valence electrons. The largest absolute Gasteiger partial charge is 0.169 e. The molecular weight excluding hydrogens is 428 g/mol. The van der Waals surface area contributed by atoms with Crippen LogP contribution in [-0.2, 0) is 0 Å². The summed E-state index contributed by atoms with van der Waals surface area (Å²) in [6, 6.07) is 0. The summed E-state index contributed by atoms with van der Waals surface area (Å²) >= 11 is 0. The third-order valence-corrected chi connectivity index (χ3v) is 8.71. The molecule has 0 amide bonds. The molecule has 0 nitrogen and oxygen atoms in total. The highest BCUT2D eigenvalue weighted by Crippen LogP contribution is 2.48. The Bertz CT molecular complexity index is 349. The van der Waals surface area contributed by atoms with E-state index in [4.69, 9.17) is 10.7 Å². The topological polar surface area (TPSA) is 0 Å². The molecule has 0 aliphatic carbocycles. The summed E-state index contributed by atoms with van der Waals surface area (Å²) in [5.41, 5.74) is 0. The highest BCUT2D eigenvalue weighted by atomic mass is 35.7. The SMILES string of the molecule is CCCCCCCCCCCCCCCC(CCCCCCCCCCC)CS(C)(C)Cl. The second-order valence-electron chi connectivity index (χ2n) is 11.1. The van der Waals surface area contributed by atoms with Gasteiger partial charge in [-0.2, -0.15) is 9.24 Å². The van der Waals surface area contributed by atoms with Crippen molar-refractivity contribution in [2.24, 2.45) is 5.92 Å². The van der Waals surface area contributed by atoms with Crippen LogP contribution in [0.3, 0.4) is 0 Å². The van der Waals surface area contributed by atoms with Crippen LogP contribution < -0.4 is 0 Å². The molecule has 0 N–H and O–H groups in total. The monoisotopic (exact) mass is 490 g/mol. The van der Waals surface area contributed by atoms with Crippen LogP contribution in [0.25, 0.3) is 0 Å². The van der Waals surface area contributed by atoms with Gasteiger partial charge in [-0.05, 0) is 37.0 Å². The van der Waals surface area contributed by atoms with Crippen LogP contribution in [-0.4, -0.2) is 18.3 Å². The summed E-state index contributed by atoms with van der Waals surface area (Å²) in [4.78, 5) is 0. The molecule has 32 heavy (non-hydrogen) atoms. The van der Waals surface area contributed by atoms with E-state index in [9.17, 15) is 0 Å². The van der Waals surface area contributed by atoms with E-state index in [1.807, 2.05) is 0 Å². The number of halogens is 1. The lowest BCUT2D eigenvalue weighted by molar-refractivity contribution is 0.434. The Balaban J connectivity index is 3.64. The van der Waals surface area contributed by atoms with E-state index < -0.39 is 9.24 Å². The molecule has 2 heteroatoms. The summed E-state index contributed by atoms with van der Waals surface area (Å²) < 4.78 is 0. The maximum absolute atomic E-state index is 6.69. The van der Waals surface area contributed by atoms with Crippen LogP contribution in [0, 0.1) is 5.92 Å². The zero-order valence-electron chi connectivity index (χ0n) is 23.0. The molecule has 0 aromatic carbocycles. The van der Waals surface area contributed by atoms with Gasteiger partial charge in [-0.1, -0.05) is 166 Å². The Kier molecular flexibility index (Phi) is 25.2. The summed E-state index contributed by atoms with van der Waals surface area (Å²) in [5, 5.41) is 0. The number of unbranched alkanes of at least 4 members (excludes halogenated alkanes) is 20. The Morgan fingerprint density at radius 3 is 0.938 bits per heavy atom. The lowest BCUT2D eigenvalue weighted by atomic mass is 9.95. The highest BCUT2D eigenvalue weighted by Gasteiger charge is 2.16. The third-order valence-electron chi connectivity index (χ3n) is 7.06. The molecule has 1 unspecified atom stereocenters. The first-order valence-corrected chi connectivity index (χ1v) is 18.3. The second kappa shape index (κ2) is 24.8. The highest BCUT2D eigenvalue weighted by molar-refractivity contribution is 8.50. The van der Waals surface area contributed by atoms with Gasteiger partial charge >= 0.3 is 0 Å². The van der Waals surface area contributed by atoms with Crippen molar-refractivity contribution < 1.29 is 0 Å². The van der Waals surface area contributed by atoms with Crippen molar-refractivity contribution in [3.8, 4) is 0 Å². The molecule has 0 fully saturated rings. The first kappa shape index (κ1) is 32.6. The van der Waals surface area contributed by atoms with Gasteiger partial charge in [0, 0.05) is 0 Å². The minimum atomic E-state index is -0.879. The first-order chi connectivity index (χ1) is 15.5. The van der Waals surface area contributed by atoms with Crippen LogP contribution in [0.2, 0.25) is 0 Å². The predicted molar refractivity (Wildman–Crippen MR) is 156 cm³/mol. The molecule has 0 saturated heterocycles. The summed E-state index contributed by atoms with van der Waals surface area (Å²) in [6.45, 7) is 4.61. The maximum atomic E-state index is 6.69. The van der Waals surface area contributed by atoms with E-state index in [-0.39, 0.29) is 0 Å². The Morgan fingerprint density at radius 1 is 0.438 bits per heavy atom. The minimum Gasteiger partial charge on any atom is -0.169 e. The van der Waals surface area contributed by atoms with Crippen LogP contribution >= 0.6 is 19.9 Å². The Labute approximate surface area is 211 Å². The van der Waals surface area contributed by atoms with Gasteiger partial charge in [-0.25, -0.2) is 0 Å². The maximum Gasteiger partial charge on any atom is -0.00773 e. The average Bonchev–Trinajstić information content (AvgIpc) is 2.74. The summed E-state index contributed by atoms with van der Waals surface area (Å²) in [7, 11) is 5.81. The zero-order valence-corrected chi connectivity index (χ0v) is 24.6. The van der Waals surface area contributed by atoms with Crippen molar-refractivity contribution in [2.75, 3.05) is 18.3 Å². The fourth-order valence-corrected chi connectivity index (χ4v) is 7.05. The first-order valence-electron chi connectivity index (χ1n) is 14.9. The van der Waals surface area contributed by atoms with Crippen molar-refractivity contribution in [1.29, 1.82) is 0 Å². The summed E-state index contributed by atoms with van der Waals surface area (Å²) in [5.74, 6) is 2.17. The number of rotatable bonds is 26. The molecule has 0 radical (unpaired) electrons. The van der Waals surface area contributed by atoms with Gasteiger partial charge in [0.1, 0.15) is 0 Å². The van der Waals surface area contributed by atoms with Crippen molar-refractivity contribution in [2.45, 2.75) is 168 Å². The minimum absolute atomic E-state index is 0.879. The fraction of sp³-hybridized carbons (Fsp3) is 1.00. The van der Waals surface area contributed by atoms with Crippen molar-refractivity contribution >= 4 is 19.9 Å². The third kappa shape index (κ3) is 26.9. The predicted octanol–water partition coefficient (Wildman–Crippen LogP) is 12.2. The molecule has 0 aromatic rings. The molecule has 0 saturated carbocycles. The van der Waals surface area contributed by atoms with E-state index in [2.05, 4.69) is 26.4 Å². The van der Waals surface area contributed by atoms with Gasteiger partial charge in [0.15, 0.2) is 0 Å². The van der Waals surface area contributed by atoms with E-state index in [0.717, 1.165) is 5.92 Å². The van der Waals surface area contributed by atoms with Gasteiger partial charge < -0.3 is 0 Å². The molecule has 0 aromatic heterocycles. The number of hydrogen-bond acceptors (Lipinski definition) is 0. The number of hydrogen-bond donors (Lipinski definition) is 0. The van der Waals surface area contributed by atoms with Crippen LogP contribution in [0.4, 0.5) is 0 Å². The molecule has 0 aliphatic heterocycles. The average molecular weight is 491 g/mol. The Hall–Kier alpha value is 0.640. The van der Waals surface area contributed by atoms with Gasteiger partial charge in [0.25, 0.3) is 0 Å². The quantitative estimate of drug-likeness (QED) is 0.106. The van der Waals surface area contributed by atoms with Crippen molar-refractivity contribution in [3.05, 3.63) is 0 Å². The molecule has 1 atom stereocenters. The van der Waals surface area contributed by atoms with E-state index in [0.29, 0.717) is 0 Å².